The molecule has 0 atom stereocenters. The molecule has 0 aromatic heterocycles. The highest BCUT2D eigenvalue weighted by molar-refractivity contribution is 6.28. The lowest BCUT2D eigenvalue weighted by molar-refractivity contribution is 0.104. The average molecular weight is 390 g/mol. The van der Waals surface area contributed by atoms with Gasteiger partial charge in [-0.2, -0.15) is 0 Å². The number of carbonyl (C=O) groups excluding carboxylic acids is 1. The van der Waals surface area contributed by atoms with Crippen LogP contribution in [0.2, 0.25) is 0 Å². The van der Waals surface area contributed by atoms with Gasteiger partial charge in [0, 0.05) is 16.7 Å². The lowest BCUT2D eigenvalue weighted by Crippen LogP contribution is -2.04. The van der Waals surface area contributed by atoms with Gasteiger partial charge < -0.3 is 4.74 Å². The first-order valence-electron chi connectivity index (χ1n) is 10.6. The summed E-state index contributed by atoms with van der Waals surface area (Å²) in [7, 11) is 1.67. The van der Waals surface area contributed by atoms with Gasteiger partial charge in [-0.1, -0.05) is 60.7 Å². The molecular weight excluding hydrogens is 368 g/mol. The Labute approximate surface area is 176 Å². The van der Waals surface area contributed by atoms with Gasteiger partial charge >= 0.3 is 0 Å². The predicted octanol–water partition coefficient (Wildman–Crippen LogP) is 5.94. The van der Waals surface area contributed by atoms with E-state index in [2.05, 4.69) is 48.5 Å². The maximum atomic E-state index is 13.6. The van der Waals surface area contributed by atoms with Gasteiger partial charge in [-0.05, 0) is 70.3 Å². The van der Waals surface area contributed by atoms with Crippen LogP contribution in [0.4, 0.5) is 0 Å². The molecule has 0 saturated carbocycles. The SMILES string of the molecule is COc1cccc2c1-c1ccc3c4ccc(c3c1C2=O)CCc1ccc(cc1)CC4. The van der Waals surface area contributed by atoms with Crippen molar-refractivity contribution in [2.75, 3.05) is 7.11 Å². The Kier molecular flexibility index (Phi) is 3.82. The second-order valence-corrected chi connectivity index (χ2v) is 8.32. The second kappa shape index (κ2) is 6.56. The lowest BCUT2D eigenvalue weighted by atomic mass is 9.87. The van der Waals surface area contributed by atoms with Crippen molar-refractivity contribution in [3.05, 3.63) is 100 Å². The van der Waals surface area contributed by atoms with E-state index in [0.29, 0.717) is 0 Å². The molecule has 9 rings (SSSR count). The van der Waals surface area contributed by atoms with Gasteiger partial charge in [0.15, 0.2) is 5.78 Å². The van der Waals surface area contributed by atoms with Crippen LogP contribution in [0.5, 0.6) is 5.75 Å². The van der Waals surface area contributed by atoms with Crippen molar-refractivity contribution in [2.24, 2.45) is 0 Å². The molecule has 0 aliphatic heterocycles. The minimum absolute atomic E-state index is 0.123. The highest BCUT2D eigenvalue weighted by atomic mass is 16.5. The molecule has 4 bridgehead atoms. The highest BCUT2D eigenvalue weighted by Gasteiger charge is 2.32. The Hall–Kier alpha value is -3.39. The monoisotopic (exact) mass is 390 g/mol. The highest BCUT2D eigenvalue weighted by Crippen LogP contribution is 2.46. The fourth-order valence-corrected chi connectivity index (χ4v) is 5.18. The molecule has 4 aromatic rings. The summed E-state index contributed by atoms with van der Waals surface area (Å²) in [5, 5.41) is 2.37. The molecule has 0 spiro atoms. The molecule has 0 unspecified atom stereocenters. The summed E-state index contributed by atoms with van der Waals surface area (Å²) >= 11 is 0. The fraction of sp³-hybridized carbons (Fsp3) is 0.179. The summed E-state index contributed by atoms with van der Waals surface area (Å²) in [4.78, 5) is 13.6. The van der Waals surface area contributed by atoms with E-state index < -0.39 is 0 Å². The van der Waals surface area contributed by atoms with E-state index >= 15 is 0 Å². The molecule has 0 radical (unpaired) electrons. The minimum Gasteiger partial charge on any atom is -0.496 e. The van der Waals surface area contributed by atoms with E-state index in [4.69, 9.17) is 4.74 Å². The Morgan fingerprint density at radius 3 is 2.10 bits per heavy atom. The van der Waals surface area contributed by atoms with Crippen LogP contribution in [0.1, 0.15) is 38.2 Å². The smallest absolute Gasteiger partial charge is 0.195 e. The molecule has 146 valence electrons. The summed E-state index contributed by atoms with van der Waals surface area (Å²) in [5.74, 6) is 0.893. The molecule has 2 heteroatoms. The van der Waals surface area contributed by atoms with Gasteiger partial charge in [0.25, 0.3) is 0 Å². The quantitative estimate of drug-likeness (QED) is 0.354. The van der Waals surface area contributed by atoms with Crippen molar-refractivity contribution in [3.8, 4) is 16.9 Å². The zero-order valence-corrected chi connectivity index (χ0v) is 17.0. The van der Waals surface area contributed by atoms with Crippen molar-refractivity contribution in [1.29, 1.82) is 0 Å². The van der Waals surface area contributed by atoms with Crippen LogP contribution >= 0.6 is 0 Å². The topological polar surface area (TPSA) is 26.3 Å². The largest absolute Gasteiger partial charge is 0.496 e. The molecule has 2 nitrogen and oxygen atoms in total. The van der Waals surface area contributed by atoms with Gasteiger partial charge in [0.2, 0.25) is 0 Å². The van der Waals surface area contributed by atoms with E-state index in [1.807, 2.05) is 18.2 Å². The Bertz CT molecular complexity index is 1330. The zero-order valence-electron chi connectivity index (χ0n) is 17.0. The molecule has 5 aliphatic rings. The third-order valence-corrected chi connectivity index (χ3v) is 6.73. The fourth-order valence-electron chi connectivity index (χ4n) is 5.18. The number of hydrogen-bond donors (Lipinski definition) is 0. The van der Waals surface area contributed by atoms with Gasteiger partial charge in [-0.15, -0.1) is 0 Å². The maximum Gasteiger partial charge on any atom is 0.195 e. The Morgan fingerprint density at radius 2 is 1.37 bits per heavy atom. The number of carbonyl (C=O) groups is 1. The van der Waals surface area contributed by atoms with Gasteiger partial charge in [0.1, 0.15) is 5.75 Å². The molecule has 0 amide bonds. The molecule has 0 saturated heterocycles. The number of ether oxygens (including phenoxy) is 1. The van der Waals surface area contributed by atoms with Crippen LogP contribution in [0.3, 0.4) is 0 Å². The molecule has 4 aromatic carbocycles. The van der Waals surface area contributed by atoms with E-state index in [1.165, 1.54) is 27.6 Å². The first-order valence-corrected chi connectivity index (χ1v) is 10.6. The number of ketones is 1. The first kappa shape index (κ1) is 17.5. The van der Waals surface area contributed by atoms with Crippen molar-refractivity contribution < 1.29 is 9.53 Å². The van der Waals surface area contributed by atoms with Crippen molar-refractivity contribution in [2.45, 2.75) is 25.7 Å². The summed E-state index contributed by atoms with van der Waals surface area (Å²) in [6.07, 6.45) is 3.88. The van der Waals surface area contributed by atoms with Crippen LogP contribution in [-0.4, -0.2) is 12.9 Å². The Balaban J connectivity index is 1.63. The number of benzene rings is 4. The van der Waals surface area contributed by atoms with Crippen LogP contribution in [0, 0.1) is 0 Å². The minimum atomic E-state index is 0.123. The molecule has 5 aliphatic carbocycles. The van der Waals surface area contributed by atoms with Crippen LogP contribution in [0.15, 0.2) is 66.7 Å². The Morgan fingerprint density at radius 1 is 0.667 bits per heavy atom. The maximum absolute atomic E-state index is 13.6. The molecule has 0 heterocycles. The van der Waals surface area contributed by atoms with Crippen molar-refractivity contribution in [3.63, 3.8) is 0 Å². The number of fused-ring (bicyclic) bond motifs is 3. The third-order valence-electron chi connectivity index (χ3n) is 6.73. The standard InChI is InChI=1S/C28H22O2/c1-30-24-4-2-3-23-26(24)22-16-15-21-19-11-9-17-5-7-18(8-6-17)10-12-20(14-13-19)25(21)27(22)28(23)29/h2-8,13-16H,9-12H2,1H3. The predicted molar refractivity (Wildman–Crippen MR) is 121 cm³/mol. The van der Waals surface area contributed by atoms with E-state index in [1.54, 1.807) is 7.11 Å². The average Bonchev–Trinajstić information content (AvgIpc) is 3.08. The van der Waals surface area contributed by atoms with Crippen LogP contribution < -0.4 is 4.74 Å². The van der Waals surface area contributed by atoms with E-state index in [-0.39, 0.29) is 5.78 Å². The normalized spacial score (nSPS) is 14.4. The number of rotatable bonds is 1. The summed E-state index contributed by atoms with van der Waals surface area (Å²) in [5.41, 5.74) is 8.85. The van der Waals surface area contributed by atoms with Crippen molar-refractivity contribution >= 4 is 16.6 Å². The van der Waals surface area contributed by atoms with Crippen LogP contribution in [-0.2, 0) is 25.7 Å². The molecule has 0 N–H and O–H groups in total. The summed E-state index contributed by atoms with van der Waals surface area (Å²) in [6, 6.07) is 23.7. The number of aryl methyl sites for hydroxylation is 4. The summed E-state index contributed by atoms with van der Waals surface area (Å²) in [6.45, 7) is 0. The van der Waals surface area contributed by atoms with Gasteiger partial charge in [-0.3, -0.25) is 4.79 Å². The van der Waals surface area contributed by atoms with E-state index in [0.717, 1.165) is 59.1 Å². The number of hydrogen-bond acceptors (Lipinski definition) is 2. The molecule has 30 heavy (non-hydrogen) atoms. The van der Waals surface area contributed by atoms with Crippen molar-refractivity contribution in [1.82, 2.24) is 0 Å². The third kappa shape index (κ3) is 2.46. The lowest BCUT2D eigenvalue weighted by Gasteiger charge is -2.16. The molecule has 0 fully saturated rings. The molecular formula is C28H22O2. The van der Waals surface area contributed by atoms with E-state index in [9.17, 15) is 4.79 Å². The zero-order chi connectivity index (χ0) is 20.2. The number of methoxy groups -OCH3 is 1. The summed E-state index contributed by atoms with van der Waals surface area (Å²) < 4.78 is 5.61. The van der Waals surface area contributed by atoms with Gasteiger partial charge in [-0.25, -0.2) is 0 Å². The second-order valence-electron chi connectivity index (χ2n) is 8.32. The van der Waals surface area contributed by atoms with Crippen LogP contribution in [0.25, 0.3) is 21.9 Å². The first-order chi connectivity index (χ1) is 14.7. The van der Waals surface area contributed by atoms with Gasteiger partial charge in [0.05, 0.1) is 7.11 Å².